The molecule has 7 heteroatoms. The molecule has 2 heterocycles. The summed E-state index contributed by atoms with van der Waals surface area (Å²) in [6.07, 6.45) is 3.87. The van der Waals surface area contributed by atoms with Gasteiger partial charge in [-0.25, -0.2) is 9.18 Å². The maximum atomic E-state index is 13.6. The number of carbonyl (C=O) groups is 1. The smallest absolute Gasteiger partial charge is 0.391 e. The van der Waals surface area contributed by atoms with Crippen molar-refractivity contribution in [2.24, 2.45) is 5.92 Å². The molecule has 0 atom stereocenters. The van der Waals surface area contributed by atoms with E-state index in [0.717, 1.165) is 42.8 Å². The van der Waals surface area contributed by atoms with E-state index in [1.165, 1.54) is 12.1 Å². The second-order valence-electron chi connectivity index (χ2n) is 11.0. The van der Waals surface area contributed by atoms with Crippen LogP contribution in [0.4, 0.5) is 4.39 Å². The van der Waals surface area contributed by atoms with E-state index >= 15 is 0 Å². The zero-order chi connectivity index (χ0) is 26.4. The highest BCUT2D eigenvalue weighted by atomic mass is 19.1. The lowest BCUT2D eigenvalue weighted by Crippen LogP contribution is -2.54. The molecule has 6 nitrogen and oxygen atoms in total. The van der Waals surface area contributed by atoms with Gasteiger partial charge in [0.05, 0.1) is 32.3 Å². The van der Waals surface area contributed by atoms with Gasteiger partial charge in [-0.3, -0.25) is 4.90 Å². The van der Waals surface area contributed by atoms with Gasteiger partial charge in [0.2, 0.25) is 0 Å². The monoisotopic (exact) mass is 511 g/mol. The first-order chi connectivity index (χ1) is 17.7. The molecule has 0 N–H and O–H groups in total. The summed E-state index contributed by atoms with van der Waals surface area (Å²) < 4.78 is 32.9. The molecule has 0 bridgehead atoms. The Labute approximate surface area is 220 Å². The number of nitrogens with zero attached hydrogens (tertiary/aromatic N) is 2. The minimum absolute atomic E-state index is 0.0321. The molecule has 37 heavy (non-hydrogen) atoms. The van der Waals surface area contributed by atoms with Crippen molar-refractivity contribution in [1.82, 2.24) is 4.90 Å². The van der Waals surface area contributed by atoms with Crippen LogP contribution in [0.1, 0.15) is 51.7 Å². The molecule has 2 saturated heterocycles. The van der Waals surface area contributed by atoms with Crippen molar-refractivity contribution >= 4 is 12.1 Å². The Bertz CT molecular complexity index is 1050. The Morgan fingerprint density at radius 3 is 2.30 bits per heavy atom. The Kier molecular flexibility index (Phi) is 9.11. The van der Waals surface area contributed by atoms with E-state index < -0.39 is 5.79 Å². The molecular formula is C30H40FN2O4+. The lowest BCUT2D eigenvalue weighted by atomic mass is 10.0. The minimum Gasteiger partial charge on any atom is -0.493 e. The molecule has 0 unspecified atom stereocenters. The summed E-state index contributed by atoms with van der Waals surface area (Å²) >= 11 is 0. The first-order valence-corrected chi connectivity index (χ1v) is 13.3. The third-order valence-electron chi connectivity index (χ3n) is 6.96. The van der Waals surface area contributed by atoms with E-state index in [9.17, 15) is 9.18 Å². The van der Waals surface area contributed by atoms with E-state index in [4.69, 9.17) is 14.2 Å². The fourth-order valence-electron chi connectivity index (χ4n) is 4.75. The summed E-state index contributed by atoms with van der Waals surface area (Å²) in [6, 6.07) is 14.3. The summed E-state index contributed by atoms with van der Waals surface area (Å²) in [6.45, 7) is 11.8. The average molecular weight is 512 g/mol. The number of carbonyl (C=O) groups excluding carboxylic acids is 1. The molecule has 0 aliphatic carbocycles. The topological polar surface area (TPSA) is 51.0 Å². The first kappa shape index (κ1) is 27.4. The quantitative estimate of drug-likeness (QED) is 0.381. The van der Waals surface area contributed by atoms with E-state index in [1.54, 1.807) is 12.1 Å². The van der Waals surface area contributed by atoms with Gasteiger partial charge >= 0.3 is 5.91 Å². The third-order valence-corrected chi connectivity index (χ3v) is 6.96. The number of halogens is 1. The number of amides is 1. The van der Waals surface area contributed by atoms with Crippen molar-refractivity contribution in [1.29, 1.82) is 0 Å². The van der Waals surface area contributed by atoms with Gasteiger partial charge in [0.1, 0.15) is 11.6 Å². The van der Waals surface area contributed by atoms with Gasteiger partial charge in [0, 0.05) is 31.5 Å². The van der Waals surface area contributed by atoms with E-state index in [0.29, 0.717) is 32.2 Å². The van der Waals surface area contributed by atoms with Crippen molar-refractivity contribution in [2.75, 3.05) is 32.9 Å². The van der Waals surface area contributed by atoms with Gasteiger partial charge in [-0.05, 0) is 61.7 Å². The van der Waals surface area contributed by atoms with E-state index in [2.05, 4.69) is 18.7 Å². The summed E-state index contributed by atoms with van der Waals surface area (Å²) in [5.74, 6) is 0.480. The van der Waals surface area contributed by atoms with Crippen LogP contribution in [0.5, 0.6) is 5.75 Å². The zero-order valence-corrected chi connectivity index (χ0v) is 22.5. The number of benzene rings is 2. The fourth-order valence-corrected chi connectivity index (χ4v) is 4.75. The normalized spacial score (nSPS) is 19.8. The van der Waals surface area contributed by atoms with Crippen molar-refractivity contribution in [3.63, 3.8) is 0 Å². The molecule has 2 fully saturated rings. The summed E-state index contributed by atoms with van der Waals surface area (Å²) in [5, 5.41) is 0. The van der Waals surface area contributed by atoms with Crippen LogP contribution in [-0.4, -0.2) is 72.4 Å². The van der Waals surface area contributed by atoms with Crippen molar-refractivity contribution in [3.05, 3.63) is 65.5 Å². The zero-order valence-electron chi connectivity index (χ0n) is 22.5. The molecule has 0 spiro atoms. The standard InChI is InChI=1S/C30H40FN2O4/c1-22(2)19-35-28-11-7-23(8-12-28)17-29(34)33(18-24-5-9-25(31)10-6-24)26-13-15-32(16-14-26)27-20-36-30(3,4)37-21-27/h5-12,18,22,26-27H,13-17,19-21H2,1-4H3/q+1. The van der Waals surface area contributed by atoms with Crippen LogP contribution >= 0.6 is 0 Å². The predicted molar refractivity (Wildman–Crippen MR) is 142 cm³/mol. The van der Waals surface area contributed by atoms with E-state index in [1.807, 2.05) is 48.9 Å². The minimum atomic E-state index is -0.527. The lowest BCUT2D eigenvalue weighted by Gasteiger charge is -2.42. The highest BCUT2D eigenvalue weighted by molar-refractivity contribution is 5.82. The second-order valence-corrected chi connectivity index (χ2v) is 11.0. The Morgan fingerprint density at radius 2 is 1.70 bits per heavy atom. The summed E-state index contributed by atoms with van der Waals surface area (Å²) in [5.41, 5.74) is 1.75. The third kappa shape index (κ3) is 7.94. The number of rotatable bonds is 8. The Morgan fingerprint density at radius 1 is 1.08 bits per heavy atom. The molecule has 1 amide bonds. The SMILES string of the molecule is CC(C)COc1ccc(CC(=O)[N+](=Cc2ccc(F)cc2)C2CCN(C3COC(C)(C)OC3)CC2)cc1. The number of hydrogen-bond donors (Lipinski definition) is 0. The van der Waals surface area contributed by atoms with Crippen molar-refractivity contribution in [3.8, 4) is 5.75 Å². The molecule has 2 aliphatic rings. The van der Waals surface area contributed by atoms with Crippen molar-refractivity contribution < 1.29 is 28.0 Å². The van der Waals surface area contributed by atoms with Crippen LogP contribution < -0.4 is 4.74 Å². The summed E-state index contributed by atoms with van der Waals surface area (Å²) in [4.78, 5) is 16.0. The number of piperidine rings is 1. The van der Waals surface area contributed by atoms with Crippen LogP contribution in [0.3, 0.4) is 0 Å². The summed E-state index contributed by atoms with van der Waals surface area (Å²) in [7, 11) is 0. The number of ether oxygens (including phenoxy) is 3. The molecule has 4 rings (SSSR count). The van der Waals surface area contributed by atoms with Crippen LogP contribution in [0.2, 0.25) is 0 Å². The average Bonchev–Trinajstić information content (AvgIpc) is 2.88. The number of hydrogen-bond acceptors (Lipinski definition) is 5. The molecule has 2 aliphatic heterocycles. The van der Waals surface area contributed by atoms with Gasteiger partial charge in [-0.15, -0.1) is 0 Å². The first-order valence-electron chi connectivity index (χ1n) is 13.3. The Balaban J connectivity index is 1.44. The van der Waals surface area contributed by atoms with Crippen LogP contribution in [-0.2, 0) is 20.7 Å². The molecule has 2 aromatic rings. The molecule has 2 aromatic carbocycles. The Hall–Kier alpha value is -2.61. The highest BCUT2D eigenvalue weighted by Gasteiger charge is 2.37. The molecule has 0 saturated carbocycles. The highest BCUT2D eigenvalue weighted by Crippen LogP contribution is 2.24. The second kappa shape index (κ2) is 12.3. The largest absolute Gasteiger partial charge is 0.493 e. The number of likely N-dealkylation sites (tertiary alicyclic amines) is 1. The fraction of sp³-hybridized carbons (Fsp3) is 0.533. The van der Waals surface area contributed by atoms with Gasteiger partial charge in [-0.2, -0.15) is 4.58 Å². The van der Waals surface area contributed by atoms with Gasteiger partial charge < -0.3 is 14.2 Å². The van der Waals surface area contributed by atoms with E-state index in [-0.39, 0.29) is 23.8 Å². The van der Waals surface area contributed by atoms with Crippen LogP contribution in [0.15, 0.2) is 48.5 Å². The van der Waals surface area contributed by atoms with Gasteiger partial charge in [0.25, 0.3) is 0 Å². The lowest BCUT2D eigenvalue weighted by molar-refractivity contribution is -0.489. The van der Waals surface area contributed by atoms with Gasteiger partial charge in [0.15, 0.2) is 18.0 Å². The maximum absolute atomic E-state index is 13.6. The molecule has 0 radical (unpaired) electrons. The van der Waals surface area contributed by atoms with Crippen LogP contribution in [0.25, 0.3) is 0 Å². The molecule has 200 valence electrons. The van der Waals surface area contributed by atoms with Crippen LogP contribution in [0, 0.1) is 11.7 Å². The predicted octanol–water partition coefficient (Wildman–Crippen LogP) is 4.68. The molecule has 0 aromatic heterocycles. The van der Waals surface area contributed by atoms with Gasteiger partial charge in [-0.1, -0.05) is 26.0 Å². The maximum Gasteiger partial charge on any atom is 0.391 e. The molecular weight excluding hydrogens is 471 g/mol. The van der Waals surface area contributed by atoms with Crippen molar-refractivity contribution in [2.45, 2.75) is 64.8 Å².